The van der Waals surface area contributed by atoms with E-state index in [1.807, 2.05) is 6.92 Å². The Morgan fingerprint density at radius 2 is 1.91 bits per heavy atom. The number of hydrogen-bond donors (Lipinski definition) is 1. The van der Waals surface area contributed by atoms with Crippen molar-refractivity contribution in [3.05, 3.63) is 29.8 Å². The van der Waals surface area contributed by atoms with E-state index in [1.54, 1.807) is 31.4 Å². The highest BCUT2D eigenvalue weighted by Gasteiger charge is 2.57. The van der Waals surface area contributed by atoms with Crippen LogP contribution < -0.4 is 10.1 Å². The minimum Gasteiger partial charge on any atom is -0.497 e. The second-order valence-corrected chi connectivity index (χ2v) is 7.54. The van der Waals surface area contributed by atoms with Crippen LogP contribution in [0.2, 0.25) is 0 Å². The van der Waals surface area contributed by atoms with Gasteiger partial charge in [-0.2, -0.15) is 0 Å². The summed E-state index contributed by atoms with van der Waals surface area (Å²) in [5, 5.41) is 2.84. The monoisotopic (exact) mass is 356 g/mol. The fraction of sp³-hybridized carbons (Fsp3) is 0.500. The fourth-order valence-corrected chi connectivity index (χ4v) is 3.51. The number of nitrogens with zero attached hydrogens (tertiary/aromatic N) is 1. The summed E-state index contributed by atoms with van der Waals surface area (Å²) in [6, 6.07) is 6.75. The topological polar surface area (TPSA) is 58.6 Å². The van der Waals surface area contributed by atoms with Crippen molar-refractivity contribution < 1.29 is 14.3 Å². The summed E-state index contributed by atoms with van der Waals surface area (Å²) in [5.74, 6) is 0.371. The number of ether oxygens (including phenoxy) is 1. The Morgan fingerprint density at radius 3 is 2.39 bits per heavy atom. The molecular formula is C16H18Cl2N2O3. The standard InChI is InChI=1S/C16H18Cl2N2O3/c1-3-15(10-4-6-12(23-2)7-5-10)13(21)20(14(22)19-15)9-11-8-16(11,17)18/h4-7,11H,3,8-9H2,1-2H3,(H,19,22). The van der Waals surface area contributed by atoms with Crippen LogP contribution in [-0.2, 0) is 10.3 Å². The third-order valence-electron chi connectivity index (χ3n) is 4.65. The number of imide groups is 1. The molecule has 2 atom stereocenters. The van der Waals surface area contributed by atoms with Crippen LogP contribution in [0.1, 0.15) is 25.3 Å². The van der Waals surface area contributed by atoms with E-state index in [0.29, 0.717) is 18.6 Å². The molecule has 0 aromatic heterocycles. The highest BCUT2D eigenvalue weighted by atomic mass is 35.5. The summed E-state index contributed by atoms with van der Waals surface area (Å²) >= 11 is 12.0. The van der Waals surface area contributed by atoms with Gasteiger partial charge in [0.05, 0.1) is 7.11 Å². The predicted octanol–water partition coefficient (Wildman–Crippen LogP) is 3.05. The van der Waals surface area contributed by atoms with Crippen molar-refractivity contribution in [3.8, 4) is 5.75 Å². The van der Waals surface area contributed by atoms with Crippen LogP contribution in [0, 0.1) is 5.92 Å². The molecule has 1 heterocycles. The number of rotatable bonds is 5. The lowest BCUT2D eigenvalue weighted by Crippen LogP contribution is -2.43. The lowest BCUT2D eigenvalue weighted by Gasteiger charge is -2.26. The lowest BCUT2D eigenvalue weighted by molar-refractivity contribution is -0.132. The largest absolute Gasteiger partial charge is 0.497 e. The summed E-state index contributed by atoms with van der Waals surface area (Å²) in [5.41, 5.74) is -0.306. The SMILES string of the molecule is CCC1(c2ccc(OC)cc2)NC(=O)N(CC2CC2(Cl)Cl)C1=O. The van der Waals surface area contributed by atoms with Crippen LogP contribution in [0.5, 0.6) is 5.75 Å². The van der Waals surface area contributed by atoms with E-state index < -0.39 is 15.9 Å². The molecule has 0 radical (unpaired) electrons. The maximum absolute atomic E-state index is 12.9. The number of hydrogen-bond acceptors (Lipinski definition) is 3. The van der Waals surface area contributed by atoms with Crippen LogP contribution in [0.25, 0.3) is 0 Å². The average molecular weight is 357 g/mol. The van der Waals surface area contributed by atoms with Crippen LogP contribution in [0.15, 0.2) is 24.3 Å². The molecule has 1 saturated carbocycles. The molecule has 1 aliphatic carbocycles. The molecule has 0 bridgehead atoms. The molecule has 1 N–H and O–H groups in total. The third kappa shape index (κ3) is 2.66. The van der Waals surface area contributed by atoms with Crippen molar-refractivity contribution in [2.24, 2.45) is 5.92 Å². The van der Waals surface area contributed by atoms with Crippen LogP contribution in [-0.4, -0.2) is 34.8 Å². The van der Waals surface area contributed by atoms with Crippen molar-refractivity contribution in [1.29, 1.82) is 0 Å². The van der Waals surface area contributed by atoms with Crippen molar-refractivity contribution in [2.45, 2.75) is 29.6 Å². The quantitative estimate of drug-likeness (QED) is 0.651. The van der Waals surface area contributed by atoms with Gasteiger partial charge in [0.15, 0.2) is 0 Å². The van der Waals surface area contributed by atoms with Gasteiger partial charge in [-0.15, -0.1) is 23.2 Å². The Hall–Kier alpha value is -1.46. The number of carbonyl (C=O) groups is 2. The van der Waals surface area contributed by atoms with E-state index >= 15 is 0 Å². The van der Waals surface area contributed by atoms with E-state index in [2.05, 4.69) is 5.32 Å². The molecule has 1 aromatic rings. The van der Waals surface area contributed by atoms with Crippen molar-refractivity contribution in [3.63, 3.8) is 0 Å². The van der Waals surface area contributed by atoms with Crippen molar-refractivity contribution in [1.82, 2.24) is 10.2 Å². The van der Waals surface area contributed by atoms with Crippen LogP contribution in [0.3, 0.4) is 0 Å². The van der Waals surface area contributed by atoms with Crippen molar-refractivity contribution in [2.75, 3.05) is 13.7 Å². The first-order valence-corrected chi connectivity index (χ1v) is 8.26. The minimum absolute atomic E-state index is 0.0657. The first kappa shape index (κ1) is 16.4. The summed E-state index contributed by atoms with van der Waals surface area (Å²) in [6.07, 6.45) is 1.05. The molecule has 3 rings (SSSR count). The molecule has 5 nitrogen and oxygen atoms in total. The van der Waals surface area contributed by atoms with Gasteiger partial charge in [0.2, 0.25) is 0 Å². The van der Waals surface area contributed by atoms with Crippen LogP contribution >= 0.6 is 23.2 Å². The van der Waals surface area contributed by atoms with E-state index in [-0.39, 0.29) is 18.4 Å². The van der Waals surface area contributed by atoms with Gasteiger partial charge in [-0.1, -0.05) is 19.1 Å². The molecule has 1 saturated heterocycles. The van der Waals surface area contributed by atoms with Gasteiger partial charge < -0.3 is 10.1 Å². The maximum Gasteiger partial charge on any atom is 0.325 e. The Labute approximate surface area is 144 Å². The smallest absolute Gasteiger partial charge is 0.325 e. The van der Waals surface area contributed by atoms with Gasteiger partial charge in [0, 0.05) is 12.5 Å². The zero-order chi connectivity index (χ0) is 16.8. The van der Waals surface area contributed by atoms with E-state index in [4.69, 9.17) is 27.9 Å². The first-order chi connectivity index (χ1) is 10.8. The Morgan fingerprint density at radius 1 is 1.30 bits per heavy atom. The number of nitrogens with one attached hydrogen (secondary N) is 1. The Kier molecular flexibility index (Phi) is 3.97. The summed E-state index contributed by atoms with van der Waals surface area (Å²) in [4.78, 5) is 26.5. The Bertz CT molecular complexity index is 647. The Balaban J connectivity index is 1.87. The summed E-state index contributed by atoms with van der Waals surface area (Å²) in [6.45, 7) is 2.12. The van der Waals surface area contributed by atoms with Crippen LogP contribution in [0.4, 0.5) is 4.79 Å². The van der Waals surface area contributed by atoms with Gasteiger partial charge in [-0.05, 0) is 30.5 Å². The zero-order valence-corrected chi connectivity index (χ0v) is 14.4. The molecule has 2 unspecified atom stereocenters. The minimum atomic E-state index is -1.04. The highest BCUT2D eigenvalue weighted by Crippen LogP contribution is 2.53. The highest BCUT2D eigenvalue weighted by molar-refractivity contribution is 6.50. The molecule has 0 spiro atoms. The average Bonchev–Trinajstić information content (AvgIpc) is 3.07. The third-order valence-corrected chi connectivity index (χ3v) is 5.57. The van der Waals surface area contributed by atoms with Gasteiger partial charge in [-0.25, -0.2) is 4.79 Å². The second kappa shape index (κ2) is 5.56. The molecule has 2 aliphatic rings. The maximum atomic E-state index is 12.9. The summed E-state index contributed by atoms with van der Waals surface area (Å²) < 4.78 is 4.32. The number of alkyl halides is 2. The number of urea groups is 1. The molecule has 3 amide bonds. The van der Waals surface area contributed by atoms with Gasteiger partial charge in [0.25, 0.3) is 5.91 Å². The molecule has 23 heavy (non-hydrogen) atoms. The summed E-state index contributed by atoms with van der Waals surface area (Å²) in [7, 11) is 1.58. The first-order valence-electron chi connectivity index (χ1n) is 7.50. The number of carbonyl (C=O) groups excluding carboxylic acids is 2. The number of methoxy groups -OCH3 is 1. The molecular weight excluding hydrogens is 339 g/mol. The van der Waals surface area contributed by atoms with E-state index in [1.165, 1.54) is 4.90 Å². The fourth-order valence-electron chi connectivity index (χ4n) is 2.99. The zero-order valence-electron chi connectivity index (χ0n) is 12.9. The van der Waals surface area contributed by atoms with Gasteiger partial charge >= 0.3 is 6.03 Å². The predicted molar refractivity (Wildman–Crippen MR) is 87.8 cm³/mol. The molecule has 2 fully saturated rings. The molecule has 1 aliphatic heterocycles. The number of halogens is 2. The molecule has 1 aromatic carbocycles. The second-order valence-electron chi connectivity index (χ2n) is 6.00. The molecule has 7 heteroatoms. The van der Waals surface area contributed by atoms with Gasteiger partial charge in [-0.3, -0.25) is 9.69 Å². The van der Waals surface area contributed by atoms with E-state index in [9.17, 15) is 9.59 Å². The number of benzene rings is 1. The lowest BCUT2D eigenvalue weighted by atomic mass is 9.87. The van der Waals surface area contributed by atoms with Crippen molar-refractivity contribution >= 4 is 35.1 Å². The normalized spacial score (nSPS) is 28.7. The molecule has 124 valence electrons. The number of amides is 3. The van der Waals surface area contributed by atoms with E-state index in [0.717, 1.165) is 5.56 Å². The van der Waals surface area contributed by atoms with Gasteiger partial charge in [0.1, 0.15) is 15.6 Å².